The summed E-state index contributed by atoms with van der Waals surface area (Å²) in [6.45, 7) is 6.21. The van der Waals surface area contributed by atoms with Crippen molar-refractivity contribution in [1.82, 2.24) is 15.5 Å². The van der Waals surface area contributed by atoms with Gasteiger partial charge in [0, 0.05) is 6.54 Å². The second-order valence-corrected chi connectivity index (χ2v) is 7.42. The predicted molar refractivity (Wildman–Crippen MR) is 96.8 cm³/mol. The molecule has 0 radical (unpaired) electrons. The van der Waals surface area contributed by atoms with Crippen molar-refractivity contribution >= 4 is 23.6 Å². The fraction of sp³-hybridized carbons (Fsp3) is 0.684. The fourth-order valence-corrected chi connectivity index (χ4v) is 3.52. The summed E-state index contributed by atoms with van der Waals surface area (Å²) in [5.74, 6) is -1.84. The van der Waals surface area contributed by atoms with Crippen molar-refractivity contribution in [1.29, 1.82) is 0 Å². The molecule has 144 valence electrons. The van der Waals surface area contributed by atoms with Crippen molar-refractivity contribution in [3.05, 3.63) is 12.2 Å². The highest BCUT2D eigenvalue weighted by molar-refractivity contribution is 6.08. The summed E-state index contributed by atoms with van der Waals surface area (Å²) in [5, 5.41) is 5.27. The quantitative estimate of drug-likeness (QED) is 0.497. The standard InChI is InChI=1S/C19H29N3O4/c1-4-9-20-16(23)11-21-17(24)15(10-12(2)3)22-18(25)13-7-5-6-8-14(13)19(22)26/h5-6,12-15H,4,7-11H2,1-3H3,(H,20,23)(H,21,24)/t13-,14-,15+/m1/s1. The number of imide groups is 1. The van der Waals surface area contributed by atoms with Gasteiger partial charge in [0.25, 0.3) is 0 Å². The van der Waals surface area contributed by atoms with E-state index in [-0.39, 0.29) is 42.0 Å². The lowest BCUT2D eigenvalue weighted by atomic mass is 9.85. The third kappa shape index (κ3) is 4.51. The lowest BCUT2D eigenvalue weighted by molar-refractivity contribution is -0.148. The molecule has 0 unspecified atom stereocenters. The van der Waals surface area contributed by atoms with Gasteiger partial charge in [-0.3, -0.25) is 24.1 Å². The van der Waals surface area contributed by atoms with Gasteiger partial charge in [0.2, 0.25) is 23.6 Å². The number of likely N-dealkylation sites (tertiary alicyclic amines) is 1. The van der Waals surface area contributed by atoms with E-state index >= 15 is 0 Å². The van der Waals surface area contributed by atoms with E-state index in [1.54, 1.807) is 0 Å². The van der Waals surface area contributed by atoms with Crippen molar-refractivity contribution in [3.8, 4) is 0 Å². The molecule has 2 N–H and O–H groups in total. The van der Waals surface area contributed by atoms with Gasteiger partial charge >= 0.3 is 0 Å². The number of nitrogens with zero attached hydrogens (tertiary/aromatic N) is 1. The number of amides is 4. The monoisotopic (exact) mass is 363 g/mol. The number of carbonyl (C=O) groups is 4. The SMILES string of the molecule is CCCNC(=O)CNC(=O)[C@H](CC(C)C)N1C(=O)[C@@H]2CC=CC[C@H]2C1=O. The van der Waals surface area contributed by atoms with Crippen LogP contribution in [-0.2, 0) is 19.2 Å². The van der Waals surface area contributed by atoms with Crippen LogP contribution in [0, 0.1) is 17.8 Å². The zero-order valence-electron chi connectivity index (χ0n) is 15.8. The van der Waals surface area contributed by atoms with Crippen LogP contribution in [-0.4, -0.2) is 47.7 Å². The van der Waals surface area contributed by atoms with Crippen LogP contribution in [0.1, 0.15) is 46.5 Å². The lowest BCUT2D eigenvalue weighted by Gasteiger charge is -2.27. The molecule has 0 saturated carbocycles. The van der Waals surface area contributed by atoms with Crippen LogP contribution in [0.4, 0.5) is 0 Å². The van der Waals surface area contributed by atoms with Gasteiger partial charge in [-0.1, -0.05) is 32.9 Å². The molecule has 1 heterocycles. The maximum atomic E-state index is 12.8. The van der Waals surface area contributed by atoms with Crippen LogP contribution >= 0.6 is 0 Å². The van der Waals surface area contributed by atoms with Gasteiger partial charge in [0.05, 0.1) is 18.4 Å². The fourth-order valence-electron chi connectivity index (χ4n) is 3.52. The van der Waals surface area contributed by atoms with Gasteiger partial charge in [-0.05, 0) is 31.6 Å². The number of hydrogen-bond acceptors (Lipinski definition) is 4. The molecule has 2 aliphatic rings. The second-order valence-electron chi connectivity index (χ2n) is 7.42. The second kappa shape index (κ2) is 8.96. The first kappa shape index (κ1) is 20.1. The Morgan fingerprint density at radius 3 is 2.19 bits per heavy atom. The molecule has 1 aliphatic carbocycles. The zero-order valence-corrected chi connectivity index (χ0v) is 15.8. The Morgan fingerprint density at radius 2 is 1.69 bits per heavy atom. The highest BCUT2D eigenvalue weighted by atomic mass is 16.2. The van der Waals surface area contributed by atoms with Crippen molar-refractivity contribution in [3.63, 3.8) is 0 Å². The lowest BCUT2D eigenvalue weighted by Crippen LogP contribution is -2.52. The summed E-state index contributed by atoms with van der Waals surface area (Å²) in [7, 11) is 0. The van der Waals surface area contributed by atoms with Gasteiger partial charge in [-0.15, -0.1) is 0 Å². The Labute approximate surface area is 154 Å². The topological polar surface area (TPSA) is 95.6 Å². The summed E-state index contributed by atoms with van der Waals surface area (Å²) in [6.07, 6.45) is 6.12. The van der Waals surface area contributed by atoms with Crippen LogP contribution < -0.4 is 10.6 Å². The number of rotatable bonds is 8. The maximum absolute atomic E-state index is 12.8. The Morgan fingerprint density at radius 1 is 1.12 bits per heavy atom. The molecule has 1 saturated heterocycles. The summed E-state index contributed by atoms with van der Waals surface area (Å²) < 4.78 is 0. The van der Waals surface area contributed by atoms with E-state index in [1.165, 1.54) is 0 Å². The van der Waals surface area contributed by atoms with Gasteiger partial charge in [-0.25, -0.2) is 0 Å². The molecule has 1 aliphatic heterocycles. The molecule has 7 heteroatoms. The zero-order chi connectivity index (χ0) is 19.3. The van der Waals surface area contributed by atoms with Gasteiger partial charge in [0.1, 0.15) is 6.04 Å². The first-order valence-corrected chi connectivity index (χ1v) is 9.43. The van der Waals surface area contributed by atoms with Crippen LogP contribution in [0.3, 0.4) is 0 Å². The summed E-state index contributed by atoms with van der Waals surface area (Å²) >= 11 is 0. The molecule has 26 heavy (non-hydrogen) atoms. The molecule has 0 spiro atoms. The smallest absolute Gasteiger partial charge is 0.243 e. The third-order valence-electron chi connectivity index (χ3n) is 4.85. The first-order valence-electron chi connectivity index (χ1n) is 9.43. The molecule has 0 aromatic carbocycles. The third-order valence-corrected chi connectivity index (χ3v) is 4.85. The average Bonchev–Trinajstić information content (AvgIpc) is 2.87. The number of fused-ring (bicyclic) bond motifs is 1. The molecule has 0 bridgehead atoms. The molecular weight excluding hydrogens is 334 g/mol. The Hall–Kier alpha value is -2.18. The normalized spacial score (nSPS) is 23.2. The molecule has 3 atom stereocenters. The average molecular weight is 363 g/mol. The maximum Gasteiger partial charge on any atom is 0.243 e. The van der Waals surface area contributed by atoms with Crippen molar-refractivity contribution in [2.24, 2.45) is 17.8 Å². The molecule has 0 aromatic rings. The number of nitrogens with one attached hydrogen (secondary N) is 2. The van der Waals surface area contributed by atoms with Crippen molar-refractivity contribution in [2.45, 2.75) is 52.5 Å². The number of hydrogen-bond donors (Lipinski definition) is 2. The van der Waals surface area contributed by atoms with E-state index in [1.807, 2.05) is 32.9 Å². The van der Waals surface area contributed by atoms with Crippen LogP contribution in [0.2, 0.25) is 0 Å². The van der Waals surface area contributed by atoms with Crippen LogP contribution in [0.15, 0.2) is 12.2 Å². The molecule has 0 aromatic heterocycles. The first-order chi connectivity index (χ1) is 12.4. The van der Waals surface area contributed by atoms with Crippen molar-refractivity contribution < 1.29 is 19.2 Å². The molecule has 4 amide bonds. The molecular formula is C19H29N3O4. The molecule has 7 nitrogen and oxygen atoms in total. The van der Waals surface area contributed by atoms with Gasteiger partial charge < -0.3 is 10.6 Å². The minimum absolute atomic E-state index is 0.126. The summed E-state index contributed by atoms with van der Waals surface area (Å²) in [6, 6.07) is -0.862. The Bertz CT molecular complexity index is 574. The largest absolute Gasteiger partial charge is 0.355 e. The number of carbonyl (C=O) groups excluding carboxylic acids is 4. The highest BCUT2D eigenvalue weighted by Crippen LogP contribution is 2.37. The predicted octanol–water partition coefficient (Wildman–Crippen LogP) is 0.995. The van der Waals surface area contributed by atoms with Crippen LogP contribution in [0.25, 0.3) is 0 Å². The Kier molecular flexibility index (Phi) is 6.94. The summed E-state index contributed by atoms with van der Waals surface area (Å²) in [4.78, 5) is 51.1. The highest BCUT2D eigenvalue weighted by Gasteiger charge is 2.51. The van der Waals surface area contributed by atoms with Crippen molar-refractivity contribution in [2.75, 3.05) is 13.1 Å². The minimum atomic E-state index is -0.862. The van der Waals surface area contributed by atoms with Gasteiger partial charge in [-0.2, -0.15) is 0 Å². The summed E-state index contributed by atoms with van der Waals surface area (Å²) in [5.41, 5.74) is 0. The minimum Gasteiger partial charge on any atom is -0.355 e. The van der Waals surface area contributed by atoms with E-state index in [4.69, 9.17) is 0 Å². The van der Waals surface area contributed by atoms with E-state index in [0.717, 1.165) is 11.3 Å². The van der Waals surface area contributed by atoms with Crippen LogP contribution in [0.5, 0.6) is 0 Å². The number of allylic oxidation sites excluding steroid dienone is 2. The molecule has 1 fully saturated rings. The Balaban J connectivity index is 2.09. The van der Waals surface area contributed by atoms with E-state index in [9.17, 15) is 19.2 Å². The van der Waals surface area contributed by atoms with Gasteiger partial charge in [0.15, 0.2) is 0 Å². The van der Waals surface area contributed by atoms with E-state index in [2.05, 4.69) is 10.6 Å². The molecule has 2 rings (SSSR count). The van der Waals surface area contributed by atoms with E-state index < -0.39 is 11.9 Å². The van der Waals surface area contributed by atoms with E-state index in [0.29, 0.717) is 25.8 Å².